The third-order valence-electron chi connectivity index (χ3n) is 4.87. The third kappa shape index (κ3) is 4.98. The molecule has 1 heterocycles. The maximum absolute atomic E-state index is 14.3. The van der Waals surface area contributed by atoms with Gasteiger partial charge in [-0.05, 0) is 43.0 Å². The first kappa shape index (κ1) is 21.4. The lowest BCUT2D eigenvalue weighted by Gasteiger charge is -2.22. The zero-order chi connectivity index (χ0) is 21.7. The predicted molar refractivity (Wildman–Crippen MR) is 114 cm³/mol. The van der Waals surface area contributed by atoms with Gasteiger partial charge in [0.25, 0.3) is 0 Å². The average Bonchev–Trinajstić information content (AvgIpc) is 3.08. The number of nitrogens with zero attached hydrogens (tertiary/aromatic N) is 1. The van der Waals surface area contributed by atoms with Crippen LogP contribution in [0.3, 0.4) is 0 Å². The lowest BCUT2D eigenvalue weighted by atomic mass is 9.95. The van der Waals surface area contributed by atoms with Gasteiger partial charge in [-0.2, -0.15) is 4.39 Å². The van der Waals surface area contributed by atoms with E-state index in [2.05, 4.69) is 35.9 Å². The van der Waals surface area contributed by atoms with E-state index < -0.39 is 11.9 Å². The molecule has 2 unspecified atom stereocenters. The molecule has 0 saturated carbocycles. The van der Waals surface area contributed by atoms with Crippen molar-refractivity contribution in [2.75, 3.05) is 0 Å². The summed E-state index contributed by atoms with van der Waals surface area (Å²) in [6, 6.07) is 12.8. The van der Waals surface area contributed by atoms with E-state index >= 15 is 0 Å². The van der Waals surface area contributed by atoms with Crippen LogP contribution >= 0.6 is 0 Å². The van der Waals surface area contributed by atoms with Crippen molar-refractivity contribution in [3.63, 3.8) is 0 Å². The summed E-state index contributed by atoms with van der Waals surface area (Å²) in [5.41, 5.74) is 2.20. The molecule has 0 aliphatic heterocycles. The number of fused-ring (bicyclic) bond motifs is 1. The van der Waals surface area contributed by atoms with Gasteiger partial charge in [-0.3, -0.25) is 9.89 Å². The lowest BCUT2D eigenvalue weighted by Crippen LogP contribution is -2.11. The standard InChI is InChI=1S/C24H25FN2O3/c1-4-6-17(14-22(28)29)16-9-11-18(12-10-16)30-21(13-15(2)3)19-7-5-8-20-23(19)24(25)27-26-20/h5,7-12,15,17,21H,13-14H2,1-3H3,(H,26,27)(H,28,29). The third-order valence-corrected chi connectivity index (χ3v) is 4.87. The maximum atomic E-state index is 14.3. The molecule has 3 rings (SSSR count). The molecule has 6 heteroatoms. The van der Waals surface area contributed by atoms with E-state index in [-0.39, 0.29) is 18.4 Å². The Morgan fingerprint density at radius 1 is 1.23 bits per heavy atom. The number of halogens is 1. The molecule has 2 aromatic carbocycles. The predicted octanol–water partition coefficient (Wildman–Crippen LogP) is 5.45. The van der Waals surface area contributed by atoms with Crippen molar-refractivity contribution < 1.29 is 19.0 Å². The summed E-state index contributed by atoms with van der Waals surface area (Å²) >= 11 is 0. The van der Waals surface area contributed by atoms with Crippen LogP contribution in [0.1, 0.15) is 56.8 Å². The summed E-state index contributed by atoms with van der Waals surface area (Å²) < 4.78 is 20.6. The van der Waals surface area contributed by atoms with Gasteiger partial charge in [0.05, 0.1) is 23.2 Å². The summed E-state index contributed by atoms with van der Waals surface area (Å²) in [6.07, 6.45) is 0.296. The summed E-state index contributed by atoms with van der Waals surface area (Å²) in [6.45, 7) is 5.87. The van der Waals surface area contributed by atoms with Crippen molar-refractivity contribution in [2.45, 2.75) is 45.6 Å². The Kier molecular flexibility index (Phi) is 6.73. The Bertz CT molecular complexity index is 1080. The van der Waals surface area contributed by atoms with E-state index in [4.69, 9.17) is 9.84 Å². The first-order valence-electron chi connectivity index (χ1n) is 9.92. The second kappa shape index (κ2) is 9.45. The van der Waals surface area contributed by atoms with E-state index in [1.165, 1.54) is 0 Å². The normalized spacial score (nSPS) is 13.0. The van der Waals surface area contributed by atoms with Crippen LogP contribution in [0.4, 0.5) is 4.39 Å². The summed E-state index contributed by atoms with van der Waals surface area (Å²) in [5.74, 6) is 4.89. The fourth-order valence-corrected chi connectivity index (χ4v) is 3.54. The second-order valence-corrected chi connectivity index (χ2v) is 7.63. The Labute approximate surface area is 175 Å². The van der Waals surface area contributed by atoms with Gasteiger partial charge in [-0.1, -0.05) is 44.0 Å². The molecule has 0 aliphatic carbocycles. The fourth-order valence-electron chi connectivity index (χ4n) is 3.54. The highest BCUT2D eigenvalue weighted by molar-refractivity contribution is 5.82. The van der Waals surface area contributed by atoms with Crippen LogP contribution in [0.2, 0.25) is 0 Å². The highest BCUT2D eigenvalue weighted by atomic mass is 19.1. The molecule has 5 nitrogen and oxygen atoms in total. The van der Waals surface area contributed by atoms with Gasteiger partial charge < -0.3 is 9.84 Å². The average molecular weight is 408 g/mol. The lowest BCUT2D eigenvalue weighted by molar-refractivity contribution is -0.137. The van der Waals surface area contributed by atoms with Crippen LogP contribution in [0, 0.1) is 23.7 Å². The van der Waals surface area contributed by atoms with Crippen LogP contribution in [0.5, 0.6) is 5.75 Å². The molecule has 0 saturated heterocycles. The minimum absolute atomic E-state index is 0.0568. The van der Waals surface area contributed by atoms with Crippen LogP contribution in [-0.2, 0) is 4.79 Å². The van der Waals surface area contributed by atoms with Gasteiger partial charge in [0.2, 0.25) is 5.95 Å². The number of hydrogen-bond donors (Lipinski definition) is 2. The number of nitrogens with one attached hydrogen (secondary N) is 1. The number of aromatic amines is 1. The van der Waals surface area contributed by atoms with Gasteiger partial charge >= 0.3 is 5.97 Å². The topological polar surface area (TPSA) is 75.2 Å². The van der Waals surface area contributed by atoms with Gasteiger partial charge in [-0.15, -0.1) is 11.0 Å². The molecule has 0 fully saturated rings. The van der Waals surface area contributed by atoms with Crippen molar-refractivity contribution in [2.24, 2.45) is 5.92 Å². The maximum Gasteiger partial charge on any atom is 0.304 e. The monoisotopic (exact) mass is 408 g/mol. The van der Waals surface area contributed by atoms with Gasteiger partial charge in [-0.25, -0.2) is 0 Å². The molecule has 2 atom stereocenters. The Morgan fingerprint density at radius 3 is 2.60 bits per heavy atom. The summed E-state index contributed by atoms with van der Waals surface area (Å²) in [5, 5.41) is 16.0. The van der Waals surface area contributed by atoms with Crippen LogP contribution in [0.15, 0.2) is 42.5 Å². The molecule has 30 heavy (non-hydrogen) atoms. The second-order valence-electron chi connectivity index (χ2n) is 7.63. The number of benzene rings is 2. The minimum atomic E-state index is -0.893. The summed E-state index contributed by atoms with van der Waals surface area (Å²) in [4.78, 5) is 11.1. The quantitative estimate of drug-likeness (QED) is 0.486. The molecule has 156 valence electrons. The van der Waals surface area contributed by atoms with Crippen LogP contribution in [-0.4, -0.2) is 21.3 Å². The molecule has 0 aliphatic rings. The van der Waals surface area contributed by atoms with Crippen molar-refractivity contribution in [3.05, 3.63) is 59.5 Å². The summed E-state index contributed by atoms with van der Waals surface area (Å²) in [7, 11) is 0. The van der Waals surface area contributed by atoms with Gasteiger partial charge in [0.1, 0.15) is 11.9 Å². The molecule has 0 amide bonds. The SMILES string of the molecule is CC#CC(CC(=O)O)c1ccc(OC(CC(C)C)c2cccc3[nH]nc(F)c23)cc1. The number of carbonyl (C=O) groups is 1. The number of carboxylic acids is 1. The van der Waals surface area contributed by atoms with Crippen molar-refractivity contribution in [1.82, 2.24) is 10.2 Å². The number of carboxylic acid groups (broad SMARTS) is 1. The van der Waals surface area contributed by atoms with Gasteiger partial charge in [0.15, 0.2) is 0 Å². The number of hydrogen-bond acceptors (Lipinski definition) is 3. The highest BCUT2D eigenvalue weighted by Gasteiger charge is 2.22. The van der Waals surface area contributed by atoms with Gasteiger partial charge in [0, 0.05) is 5.56 Å². The largest absolute Gasteiger partial charge is 0.486 e. The first-order chi connectivity index (χ1) is 14.4. The smallest absolute Gasteiger partial charge is 0.304 e. The van der Waals surface area contributed by atoms with E-state index in [1.54, 1.807) is 25.1 Å². The van der Waals surface area contributed by atoms with E-state index in [1.807, 2.05) is 24.3 Å². The Balaban J connectivity index is 1.89. The van der Waals surface area contributed by atoms with E-state index in [0.29, 0.717) is 29.0 Å². The number of ether oxygens (including phenoxy) is 1. The molecule has 0 radical (unpaired) electrons. The molecular formula is C24H25FN2O3. The fraction of sp³-hybridized carbons (Fsp3) is 0.333. The highest BCUT2D eigenvalue weighted by Crippen LogP contribution is 2.33. The molecular weight excluding hydrogens is 383 g/mol. The Hall–Kier alpha value is -3.33. The zero-order valence-corrected chi connectivity index (χ0v) is 17.3. The minimum Gasteiger partial charge on any atom is -0.486 e. The van der Waals surface area contributed by atoms with E-state index in [0.717, 1.165) is 11.1 Å². The number of aromatic nitrogens is 2. The first-order valence-corrected chi connectivity index (χ1v) is 9.92. The molecule has 1 aromatic heterocycles. The molecule has 3 aromatic rings. The van der Waals surface area contributed by atoms with Crippen molar-refractivity contribution in [3.8, 4) is 17.6 Å². The van der Waals surface area contributed by atoms with Crippen molar-refractivity contribution in [1.29, 1.82) is 0 Å². The number of aliphatic carboxylic acids is 1. The zero-order valence-electron chi connectivity index (χ0n) is 17.3. The number of rotatable bonds is 8. The van der Waals surface area contributed by atoms with Crippen LogP contribution in [0.25, 0.3) is 10.9 Å². The molecule has 0 bridgehead atoms. The number of H-pyrrole nitrogens is 1. The molecule has 2 N–H and O–H groups in total. The van der Waals surface area contributed by atoms with Crippen molar-refractivity contribution >= 4 is 16.9 Å². The van der Waals surface area contributed by atoms with E-state index in [9.17, 15) is 9.18 Å². The molecule has 0 spiro atoms. The Morgan fingerprint density at radius 2 is 1.97 bits per heavy atom. The van der Waals surface area contributed by atoms with Crippen LogP contribution < -0.4 is 4.74 Å².